The summed E-state index contributed by atoms with van der Waals surface area (Å²) in [7, 11) is -0.935. The molecule has 1 heterocycles. The van der Waals surface area contributed by atoms with Crippen LogP contribution in [0.1, 0.15) is 32.1 Å². The lowest BCUT2D eigenvalue weighted by molar-refractivity contribution is 0.0695. The average Bonchev–Trinajstić information content (AvgIpc) is 3.04. The van der Waals surface area contributed by atoms with Crippen molar-refractivity contribution in [1.29, 1.82) is 0 Å². The number of nitrogens with zero attached hydrogens (tertiary/aromatic N) is 1. The second-order valence-corrected chi connectivity index (χ2v) is 13.6. The molecule has 2 aromatic rings. The number of ether oxygens (including phenoxy) is 1. The van der Waals surface area contributed by atoms with Gasteiger partial charge in [-0.25, -0.2) is 14.6 Å². The fraction of sp³-hybridized carbons (Fsp3) is 0.389. The fourth-order valence-electron chi connectivity index (χ4n) is 2.10. The van der Waals surface area contributed by atoms with Crippen LogP contribution in [-0.4, -0.2) is 46.8 Å². The summed E-state index contributed by atoms with van der Waals surface area (Å²) in [6.07, 6.45) is 3.56. The molecule has 1 aromatic carbocycles. The molecule has 0 bridgehead atoms. The summed E-state index contributed by atoms with van der Waals surface area (Å²) >= 11 is 3.06. The first-order valence-corrected chi connectivity index (χ1v) is 12.8. The van der Waals surface area contributed by atoms with E-state index in [1.54, 1.807) is 6.20 Å². The molecule has 0 amide bonds. The monoisotopic (exact) mass is 456 g/mol. The lowest BCUT2D eigenvalue weighted by atomic mass is 10.0. The van der Waals surface area contributed by atoms with Gasteiger partial charge in [-0.1, -0.05) is 19.6 Å². The summed E-state index contributed by atoms with van der Waals surface area (Å²) in [6.45, 7) is 9.99. The van der Waals surface area contributed by atoms with Crippen LogP contribution in [0.5, 0.6) is 0 Å². The van der Waals surface area contributed by atoms with Crippen LogP contribution >= 0.6 is 15.9 Å². The van der Waals surface area contributed by atoms with Gasteiger partial charge in [-0.05, 0) is 46.6 Å². The van der Waals surface area contributed by atoms with Crippen molar-refractivity contribution in [2.75, 3.05) is 6.61 Å². The third-order valence-electron chi connectivity index (χ3n) is 3.65. The predicted octanol–water partition coefficient (Wildman–Crippen LogP) is 4.42. The minimum absolute atomic E-state index is 0.00519. The number of aromatic nitrogens is 2. The zero-order valence-electron chi connectivity index (χ0n) is 15.9. The Morgan fingerprint density at radius 3 is 2.37 bits per heavy atom. The van der Waals surface area contributed by atoms with Crippen molar-refractivity contribution in [1.82, 2.24) is 9.97 Å². The molecule has 148 valence electrons. The molecule has 9 heteroatoms. The van der Waals surface area contributed by atoms with Crippen molar-refractivity contribution in [3.05, 3.63) is 51.5 Å². The normalized spacial score (nSPS) is 10.9. The minimum Gasteiger partial charge on any atom is -0.478 e. The number of aromatic carboxylic acids is 2. The van der Waals surface area contributed by atoms with Crippen LogP contribution in [0.3, 0.4) is 0 Å². The lowest BCUT2D eigenvalue weighted by Gasteiger charge is -2.14. The van der Waals surface area contributed by atoms with Crippen LogP contribution in [0.25, 0.3) is 0 Å². The first kappa shape index (κ1) is 23.1. The summed E-state index contributed by atoms with van der Waals surface area (Å²) in [5, 5.41) is 17.6. The van der Waals surface area contributed by atoms with E-state index in [4.69, 9.17) is 14.9 Å². The van der Waals surface area contributed by atoms with Gasteiger partial charge in [0.25, 0.3) is 0 Å². The highest BCUT2D eigenvalue weighted by Gasteiger charge is 2.17. The van der Waals surface area contributed by atoms with Crippen molar-refractivity contribution < 1.29 is 24.5 Å². The third-order valence-corrected chi connectivity index (χ3v) is 6.01. The summed E-state index contributed by atoms with van der Waals surface area (Å²) in [5.74, 6) is -1.36. The molecule has 0 aliphatic heterocycles. The largest absolute Gasteiger partial charge is 0.478 e. The second kappa shape index (κ2) is 10.4. The predicted molar refractivity (Wildman–Crippen MR) is 109 cm³/mol. The molecule has 7 nitrogen and oxygen atoms in total. The highest BCUT2D eigenvalue weighted by Crippen LogP contribution is 2.23. The van der Waals surface area contributed by atoms with Gasteiger partial charge in [0.05, 0.1) is 11.1 Å². The van der Waals surface area contributed by atoms with E-state index < -0.39 is 20.0 Å². The topological polar surface area (TPSA) is 113 Å². The summed E-state index contributed by atoms with van der Waals surface area (Å²) in [4.78, 5) is 28.6. The molecule has 27 heavy (non-hydrogen) atoms. The maximum atomic E-state index is 10.8. The van der Waals surface area contributed by atoms with Gasteiger partial charge in [0.15, 0.2) is 0 Å². The molecule has 0 spiro atoms. The number of halogens is 1. The molecule has 0 saturated carbocycles. The van der Waals surface area contributed by atoms with E-state index in [1.807, 2.05) is 6.20 Å². The Bertz CT molecular complexity index is 773. The highest BCUT2D eigenvalue weighted by atomic mass is 79.9. The molecule has 1 aromatic heterocycles. The number of benzene rings is 1. The molecule has 2 rings (SSSR count). The quantitative estimate of drug-likeness (QED) is 0.419. The van der Waals surface area contributed by atoms with Gasteiger partial charge in [-0.3, -0.25) is 0 Å². The van der Waals surface area contributed by atoms with E-state index in [0.29, 0.717) is 11.1 Å². The number of hydrogen-bond donors (Lipinski definition) is 3. The van der Waals surface area contributed by atoms with E-state index in [1.165, 1.54) is 25.1 Å². The van der Waals surface area contributed by atoms with Gasteiger partial charge in [-0.15, -0.1) is 0 Å². The van der Waals surface area contributed by atoms with Crippen molar-refractivity contribution in [3.63, 3.8) is 0 Å². The van der Waals surface area contributed by atoms with Crippen LogP contribution in [0.4, 0.5) is 0 Å². The Labute approximate surface area is 167 Å². The summed E-state index contributed by atoms with van der Waals surface area (Å²) in [5.41, 5.74) is 0.245. The van der Waals surface area contributed by atoms with Crippen molar-refractivity contribution >= 4 is 35.9 Å². The first-order chi connectivity index (χ1) is 12.5. The number of carboxylic acid groups (broad SMARTS) is 2. The third kappa shape index (κ3) is 8.06. The minimum atomic E-state index is -1.14. The number of carboxylic acids is 2. The van der Waals surface area contributed by atoms with E-state index in [9.17, 15) is 9.59 Å². The molecule has 0 saturated heterocycles. The van der Waals surface area contributed by atoms with Crippen molar-refractivity contribution in [3.8, 4) is 0 Å². The Kier molecular flexibility index (Phi) is 8.87. The lowest BCUT2D eigenvalue weighted by Crippen LogP contribution is -2.21. The maximum absolute atomic E-state index is 10.8. The van der Waals surface area contributed by atoms with E-state index in [2.05, 4.69) is 45.5 Å². The number of rotatable bonds is 7. The van der Waals surface area contributed by atoms with Gasteiger partial charge in [-0.2, -0.15) is 0 Å². The Morgan fingerprint density at radius 2 is 1.89 bits per heavy atom. The smallest absolute Gasteiger partial charge is 0.337 e. The SMILES string of the molecule is C[Si](C)(C)CCOCc1ncc[nH]1.Cc1c(C(=O)O)ccc(Br)c1C(=O)O. The zero-order valence-corrected chi connectivity index (χ0v) is 18.5. The number of imidazole rings is 1. The average molecular weight is 457 g/mol. The van der Waals surface area contributed by atoms with Crippen LogP contribution in [-0.2, 0) is 11.3 Å². The molecule has 0 radical (unpaired) electrons. The van der Waals surface area contributed by atoms with Crippen LogP contribution in [0.2, 0.25) is 25.7 Å². The molecule has 3 N–H and O–H groups in total. The fourth-order valence-corrected chi connectivity index (χ4v) is 3.45. The van der Waals surface area contributed by atoms with Gasteiger partial charge in [0, 0.05) is 31.5 Å². The molecule has 0 aliphatic carbocycles. The molecular weight excluding hydrogens is 432 g/mol. The van der Waals surface area contributed by atoms with Gasteiger partial charge >= 0.3 is 11.9 Å². The number of H-pyrrole nitrogens is 1. The summed E-state index contributed by atoms with van der Waals surface area (Å²) in [6, 6.07) is 4.00. The van der Waals surface area contributed by atoms with Crippen LogP contribution in [0.15, 0.2) is 29.0 Å². The molecule has 0 fully saturated rings. The van der Waals surface area contributed by atoms with Crippen molar-refractivity contribution in [2.24, 2.45) is 0 Å². The van der Waals surface area contributed by atoms with Gasteiger partial charge in [0.2, 0.25) is 0 Å². The number of nitrogens with one attached hydrogen (secondary N) is 1. The Hall–Kier alpha value is -1.97. The molecular formula is C18H25BrN2O5Si. The second-order valence-electron chi connectivity index (χ2n) is 7.10. The van der Waals surface area contributed by atoms with E-state index in [-0.39, 0.29) is 16.7 Å². The highest BCUT2D eigenvalue weighted by molar-refractivity contribution is 9.10. The standard InChI is InChI=1S/C9H7BrO4.C9H18N2OSi/c1-4-5(8(11)12)2-3-6(10)7(4)9(13)14;1-13(2,3)7-6-12-8-9-10-4-5-11-9/h2-3H,1H3,(H,11,12)(H,13,14);4-5H,6-8H2,1-3H3,(H,10,11). The first-order valence-electron chi connectivity index (χ1n) is 8.34. The van der Waals surface area contributed by atoms with Crippen LogP contribution in [0, 0.1) is 6.92 Å². The van der Waals surface area contributed by atoms with Crippen molar-refractivity contribution in [2.45, 2.75) is 39.2 Å². The summed E-state index contributed by atoms with van der Waals surface area (Å²) < 4.78 is 5.88. The van der Waals surface area contributed by atoms with Gasteiger partial charge in [0.1, 0.15) is 12.4 Å². The number of aromatic amines is 1. The molecule has 0 aliphatic rings. The van der Waals surface area contributed by atoms with E-state index >= 15 is 0 Å². The molecule has 0 unspecified atom stereocenters. The Balaban J connectivity index is 0.000000271. The maximum Gasteiger partial charge on any atom is 0.337 e. The van der Waals surface area contributed by atoms with Gasteiger partial charge < -0.3 is 19.9 Å². The van der Waals surface area contributed by atoms with Crippen LogP contribution < -0.4 is 0 Å². The zero-order chi connectivity index (χ0) is 20.6. The van der Waals surface area contributed by atoms with E-state index in [0.717, 1.165) is 12.4 Å². The number of carbonyl (C=O) groups is 2. The Morgan fingerprint density at radius 1 is 1.22 bits per heavy atom. The molecule has 0 atom stereocenters. The number of hydrogen-bond acceptors (Lipinski definition) is 4.